The first-order chi connectivity index (χ1) is 23.8. The van der Waals surface area contributed by atoms with Crippen molar-refractivity contribution in [2.75, 3.05) is 61.0 Å². The van der Waals surface area contributed by atoms with Gasteiger partial charge in [0, 0.05) is 102 Å². The van der Waals surface area contributed by atoms with Crippen LogP contribution in [0.1, 0.15) is 42.5 Å². The summed E-state index contributed by atoms with van der Waals surface area (Å²) in [4.78, 5) is 23.8. The molecule has 3 unspecified atom stereocenters. The highest BCUT2D eigenvalue weighted by atomic mass is 16.5. The quantitative estimate of drug-likeness (QED) is 0.324. The summed E-state index contributed by atoms with van der Waals surface area (Å²) in [5.74, 6) is 1.97. The van der Waals surface area contributed by atoms with Gasteiger partial charge in [0.25, 0.3) is 0 Å². The Balaban J connectivity index is 1.23. The van der Waals surface area contributed by atoms with Crippen molar-refractivity contribution in [2.45, 2.75) is 51.0 Å². The van der Waals surface area contributed by atoms with E-state index < -0.39 is 0 Å². The molecular weight excluding hydrogens is 612 g/mol. The number of benzene rings is 2. The lowest BCUT2D eigenvalue weighted by molar-refractivity contribution is 0.0428. The fraction of sp³-hybridized carbons (Fsp3) is 0.425. The second-order valence-corrected chi connectivity index (χ2v) is 14.0. The van der Waals surface area contributed by atoms with Crippen LogP contribution in [0.2, 0.25) is 0 Å². The number of methoxy groups -OCH3 is 1. The van der Waals surface area contributed by atoms with Crippen molar-refractivity contribution in [2.24, 2.45) is 0 Å². The van der Waals surface area contributed by atoms with Crippen molar-refractivity contribution in [1.29, 1.82) is 0 Å². The topological polar surface area (TPSA) is 65.4 Å². The summed E-state index contributed by atoms with van der Waals surface area (Å²) in [5.41, 5.74) is 6.73. The number of rotatable bonds is 10. The van der Waals surface area contributed by atoms with Crippen LogP contribution in [0.25, 0.3) is 10.9 Å². The van der Waals surface area contributed by atoms with Crippen molar-refractivity contribution in [3.05, 3.63) is 123 Å². The van der Waals surface area contributed by atoms with Crippen LogP contribution in [0.3, 0.4) is 0 Å². The average Bonchev–Trinajstić information content (AvgIpc) is 3.12. The van der Waals surface area contributed by atoms with E-state index in [0.29, 0.717) is 13.2 Å². The van der Waals surface area contributed by atoms with Crippen molar-refractivity contribution in [1.82, 2.24) is 29.5 Å². The van der Waals surface area contributed by atoms with E-state index in [0.717, 1.165) is 79.0 Å². The summed E-state index contributed by atoms with van der Waals surface area (Å²) >= 11 is 0. The first-order valence-corrected chi connectivity index (χ1v) is 17.6. The largest absolute Gasteiger partial charge is 0.489 e. The maximum Gasteiger partial charge on any atom is 0.194 e. The third-order valence-corrected chi connectivity index (χ3v) is 10.6. The van der Waals surface area contributed by atoms with Crippen LogP contribution in [0.15, 0.2) is 101 Å². The van der Waals surface area contributed by atoms with Crippen LogP contribution in [0.4, 0.5) is 0 Å². The number of nitrogens with zero attached hydrogens (tertiary/aromatic N) is 5. The van der Waals surface area contributed by atoms with Gasteiger partial charge in [0.1, 0.15) is 24.4 Å². The molecule has 0 saturated carbocycles. The average molecular weight is 663 g/mol. The summed E-state index contributed by atoms with van der Waals surface area (Å²) in [6, 6.07) is 15.0. The van der Waals surface area contributed by atoms with Crippen LogP contribution in [-0.4, -0.2) is 97.5 Å². The summed E-state index contributed by atoms with van der Waals surface area (Å²) in [7, 11) is 7.89. The lowest BCUT2D eigenvalue weighted by Gasteiger charge is -2.43. The maximum absolute atomic E-state index is 14.4. The highest BCUT2D eigenvalue weighted by molar-refractivity contribution is 5.87. The molecule has 0 bridgehead atoms. The monoisotopic (exact) mass is 662 g/mol. The van der Waals surface area contributed by atoms with E-state index in [1.54, 1.807) is 7.11 Å². The smallest absolute Gasteiger partial charge is 0.194 e. The lowest BCUT2D eigenvalue weighted by atomic mass is 9.98. The number of likely N-dealkylation sites (tertiary alicyclic amines) is 1. The Morgan fingerprint density at radius 2 is 1.90 bits per heavy atom. The SMILES string of the molecule is CNC1=CC=C(N2CCCC(N(CC3=CC(OC)N(C)C=C3)Cc3cn4c5c(c(Cc6ccccc6)ccc5c3=O)OCC4C)C2)CN1C. The van der Waals surface area contributed by atoms with E-state index in [-0.39, 0.29) is 23.7 Å². The summed E-state index contributed by atoms with van der Waals surface area (Å²) < 4.78 is 14.4. The van der Waals surface area contributed by atoms with Crippen LogP contribution >= 0.6 is 0 Å². The molecule has 1 aromatic heterocycles. The van der Waals surface area contributed by atoms with Gasteiger partial charge in [-0.05, 0) is 61.3 Å². The molecular formula is C40H50N6O3. The molecule has 1 saturated heterocycles. The molecule has 3 atom stereocenters. The molecule has 0 radical (unpaired) electrons. The van der Waals surface area contributed by atoms with Crippen molar-refractivity contribution >= 4 is 10.9 Å². The first-order valence-electron chi connectivity index (χ1n) is 17.6. The zero-order chi connectivity index (χ0) is 34.1. The molecule has 9 heteroatoms. The first kappa shape index (κ1) is 33.0. The molecule has 9 nitrogen and oxygen atoms in total. The molecule has 49 heavy (non-hydrogen) atoms. The Kier molecular flexibility index (Phi) is 9.56. The number of hydrogen-bond donors (Lipinski definition) is 1. The molecule has 0 spiro atoms. The van der Waals surface area contributed by atoms with E-state index in [1.807, 2.05) is 26.2 Å². The van der Waals surface area contributed by atoms with Gasteiger partial charge in [-0.1, -0.05) is 36.4 Å². The second kappa shape index (κ2) is 14.2. The van der Waals surface area contributed by atoms with Crippen LogP contribution < -0.4 is 15.5 Å². The highest BCUT2D eigenvalue weighted by Crippen LogP contribution is 2.36. The van der Waals surface area contributed by atoms with Crippen LogP contribution in [0.5, 0.6) is 5.75 Å². The summed E-state index contributed by atoms with van der Waals surface area (Å²) in [6.07, 6.45) is 15.9. The Hall–Kier alpha value is -4.47. The minimum Gasteiger partial charge on any atom is -0.489 e. The van der Waals surface area contributed by atoms with Gasteiger partial charge in [0.05, 0.1) is 18.1 Å². The zero-order valence-electron chi connectivity index (χ0n) is 29.6. The minimum atomic E-state index is -0.110. The summed E-state index contributed by atoms with van der Waals surface area (Å²) in [5, 5.41) is 4.03. The van der Waals surface area contributed by atoms with Crippen LogP contribution in [-0.2, 0) is 17.7 Å². The van der Waals surface area contributed by atoms with Gasteiger partial charge in [-0.3, -0.25) is 9.69 Å². The predicted octanol–water partition coefficient (Wildman–Crippen LogP) is 5.06. The van der Waals surface area contributed by atoms with Gasteiger partial charge in [-0.2, -0.15) is 0 Å². The fourth-order valence-electron chi connectivity index (χ4n) is 7.82. The molecule has 0 aliphatic carbocycles. The van der Waals surface area contributed by atoms with E-state index in [4.69, 9.17) is 9.47 Å². The van der Waals surface area contributed by atoms with Gasteiger partial charge in [0.15, 0.2) is 5.43 Å². The standard InChI is InChI=1S/C40H50N6O3/c1-28-27-49-40-31(20-29-10-7-6-8-11-29)13-15-35-38(40)46(28)24-32(39(35)47)23-45(22-30-17-19-42(3)37(21-30)48-5)33-12-9-18-44(26-33)34-14-16-36(41-2)43(4)25-34/h6-8,10-11,13-17,19,21,24,28,33,37,41H,9,12,18,20,22-23,25-27H2,1-5H3. The normalized spacial score (nSPS) is 22.2. The molecule has 4 aliphatic rings. The van der Waals surface area contributed by atoms with Gasteiger partial charge in [0.2, 0.25) is 0 Å². The van der Waals surface area contributed by atoms with Gasteiger partial charge in [-0.15, -0.1) is 0 Å². The number of likely N-dealkylation sites (N-methyl/N-ethyl adjacent to an activating group) is 2. The third kappa shape index (κ3) is 6.74. The Morgan fingerprint density at radius 1 is 1.06 bits per heavy atom. The lowest BCUT2D eigenvalue weighted by Crippen LogP contribution is -2.49. The van der Waals surface area contributed by atoms with Crippen molar-refractivity contribution in [3.63, 3.8) is 0 Å². The number of allylic oxidation sites excluding steroid dienone is 2. The van der Waals surface area contributed by atoms with E-state index >= 15 is 0 Å². The zero-order valence-corrected chi connectivity index (χ0v) is 29.6. The molecule has 258 valence electrons. The molecule has 5 heterocycles. The fourth-order valence-corrected chi connectivity index (χ4v) is 7.82. The van der Waals surface area contributed by atoms with Gasteiger partial charge >= 0.3 is 0 Å². The number of piperidine rings is 1. The molecule has 1 N–H and O–H groups in total. The molecule has 0 amide bonds. The maximum atomic E-state index is 14.4. The van der Waals surface area contributed by atoms with Crippen molar-refractivity contribution < 1.29 is 9.47 Å². The molecule has 4 aliphatic heterocycles. The minimum absolute atomic E-state index is 0.0955. The van der Waals surface area contributed by atoms with E-state index in [9.17, 15) is 4.79 Å². The van der Waals surface area contributed by atoms with Gasteiger partial charge in [-0.25, -0.2) is 0 Å². The Bertz CT molecular complexity index is 1860. The summed E-state index contributed by atoms with van der Waals surface area (Å²) in [6.45, 7) is 6.91. The molecule has 2 aromatic carbocycles. The van der Waals surface area contributed by atoms with E-state index in [2.05, 4.69) is 110 Å². The third-order valence-electron chi connectivity index (χ3n) is 10.6. The number of ether oxygens (including phenoxy) is 2. The molecule has 1 fully saturated rings. The number of hydrogen-bond acceptors (Lipinski definition) is 8. The van der Waals surface area contributed by atoms with Crippen molar-refractivity contribution in [3.8, 4) is 5.75 Å². The molecule has 3 aromatic rings. The highest BCUT2D eigenvalue weighted by Gasteiger charge is 2.31. The Morgan fingerprint density at radius 3 is 2.67 bits per heavy atom. The van der Waals surface area contributed by atoms with E-state index in [1.165, 1.54) is 16.8 Å². The number of pyridine rings is 1. The predicted molar refractivity (Wildman–Crippen MR) is 196 cm³/mol. The Labute approximate surface area is 290 Å². The molecule has 7 rings (SSSR count). The number of nitrogens with one attached hydrogen (secondary N) is 1. The number of aromatic nitrogens is 1. The van der Waals surface area contributed by atoms with Crippen LogP contribution in [0, 0.1) is 0 Å². The second-order valence-electron chi connectivity index (χ2n) is 14.0. The van der Waals surface area contributed by atoms with Gasteiger partial charge < -0.3 is 34.1 Å².